The lowest BCUT2D eigenvalue weighted by molar-refractivity contribution is -0.126. The molecule has 15 heavy (non-hydrogen) atoms. The van der Waals surface area contributed by atoms with E-state index in [4.69, 9.17) is 4.74 Å². The summed E-state index contributed by atoms with van der Waals surface area (Å²) in [6.07, 6.45) is 1.77. The molecule has 4 nitrogen and oxygen atoms in total. The van der Waals surface area contributed by atoms with Crippen LogP contribution in [-0.2, 0) is 9.53 Å². The van der Waals surface area contributed by atoms with Gasteiger partial charge >= 0.3 is 0 Å². The zero-order valence-corrected chi connectivity index (χ0v) is 9.75. The monoisotopic (exact) mass is 212 g/mol. The predicted molar refractivity (Wildman–Crippen MR) is 59.7 cm³/mol. The lowest BCUT2D eigenvalue weighted by atomic mass is 10.2. The molecule has 0 aliphatic carbocycles. The van der Waals surface area contributed by atoms with Gasteiger partial charge in [0.05, 0.1) is 12.7 Å². The lowest BCUT2D eigenvalue weighted by Gasteiger charge is -2.27. The maximum Gasteiger partial charge on any atom is 0.246 e. The number of carbonyl (C=O) groups excluding carboxylic acids is 1. The van der Waals surface area contributed by atoms with Crippen LogP contribution in [0.2, 0.25) is 0 Å². The fraction of sp³-hybridized carbons (Fsp3) is 0.727. The Morgan fingerprint density at radius 3 is 2.87 bits per heavy atom. The van der Waals surface area contributed by atoms with Crippen molar-refractivity contribution in [3.63, 3.8) is 0 Å². The van der Waals surface area contributed by atoms with Crippen molar-refractivity contribution in [1.29, 1.82) is 0 Å². The van der Waals surface area contributed by atoms with Gasteiger partial charge in [0.1, 0.15) is 0 Å². The van der Waals surface area contributed by atoms with Crippen LogP contribution in [0.15, 0.2) is 11.6 Å². The van der Waals surface area contributed by atoms with Gasteiger partial charge in [-0.1, -0.05) is 5.57 Å². The molecule has 1 unspecified atom stereocenters. The SMILES string of the molecule is CC(C)=CC(=O)N(C)CC1CNCCO1. The minimum Gasteiger partial charge on any atom is -0.374 e. The first kappa shape index (κ1) is 12.2. The van der Waals surface area contributed by atoms with Crippen LogP contribution < -0.4 is 5.32 Å². The van der Waals surface area contributed by atoms with Gasteiger partial charge in [0.2, 0.25) is 5.91 Å². The van der Waals surface area contributed by atoms with E-state index in [9.17, 15) is 4.79 Å². The van der Waals surface area contributed by atoms with Crippen molar-refractivity contribution >= 4 is 5.91 Å². The summed E-state index contributed by atoms with van der Waals surface area (Å²) in [4.78, 5) is 13.3. The summed E-state index contributed by atoms with van der Waals surface area (Å²) >= 11 is 0. The van der Waals surface area contributed by atoms with E-state index in [1.165, 1.54) is 0 Å². The molecule has 86 valence electrons. The average molecular weight is 212 g/mol. The highest BCUT2D eigenvalue weighted by Gasteiger charge is 2.17. The number of likely N-dealkylation sites (N-methyl/N-ethyl adjacent to an activating group) is 1. The van der Waals surface area contributed by atoms with Gasteiger partial charge < -0.3 is 15.0 Å². The number of nitrogens with zero attached hydrogens (tertiary/aromatic N) is 1. The van der Waals surface area contributed by atoms with E-state index in [-0.39, 0.29) is 12.0 Å². The van der Waals surface area contributed by atoms with Crippen molar-refractivity contribution in [2.75, 3.05) is 33.3 Å². The Balaban J connectivity index is 2.36. The number of hydrogen-bond donors (Lipinski definition) is 1. The first-order valence-electron chi connectivity index (χ1n) is 5.32. The van der Waals surface area contributed by atoms with Crippen molar-refractivity contribution in [2.24, 2.45) is 0 Å². The first-order chi connectivity index (χ1) is 7.09. The van der Waals surface area contributed by atoms with E-state index in [2.05, 4.69) is 5.32 Å². The summed E-state index contributed by atoms with van der Waals surface area (Å²) < 4.78 is 5.53. The largest absolute Gasteiger partial charge is 0.374 e. The number of ether oxygens (including phenoxy) is 1. The van der Waals surface area contributed by atoms with E-state index in [0.29, 0.717) is 6.54 Å². The molecule has 0 saturated carbocycles. The minimum absolute atomic E-state index is 0.0455. The summed E-state index contributed by atoms with van der Waals surface area (Å²) in [5.74, 6) is 0.0455. The van der Waals surface area contributed by atoms with E-state index >= 15 is 0 Å². The number of rotatable bonds is 3. The Kier molecular flexibility index (Phi) is 4.78. The number of carbonyl (C=O) groups is 1. The summed E-state index contributed by atoms with van der Waals surface area (Å²) in [7, 11) is 1.81. The van der Waals surface area contributed by atoms with Crippen LogP contribution in [0.3, 0.4) is 0 Å². The van der Waals surface area contributed by atoms with E-state index < -0.39 is 0 Å². The fourth-order valence-corrected chi connectivity index (χ4v) is 1.49. The highest BCUT2D eigenvalue weighted by molar-refractivity contribution is 5.87. The standard InChI is InChI=1S/C11H20N2O2/c1-9(2)6-11(14)13(3)8-10-7-12-4-5-15-10/h6,10,12H,4-5,7-8H2,1-3H3. The molecule has 1 aliphatic rings. The third kappa shape index (κ3) is 4.44. The molecular formula is C11H20N2O2. The lowest BCUT2D eigenvalue weighted by Crippen LogP contribution is -2.45. The molecule has 1 fully saturated rings. The highest BCUT2D eigenvalue weighted by atomic mass is 16.5. The van der Waals surface area contributed by atoms with Crippen molar-refractivity contribution in [3.8, 4) is 0 Å². The van der Waals surface area contributed by atoms with Crippen LogP contribution in [0.5, 0.6) is 0 Å². The molecule has 4 heteroatoms. The molecule has 0 spiro atoms. The topological polar surface area (TPSA) is 41.6 Å². The van der Waals surface area contributed by atoms with Gasteiger partial charge in [-0.15, -0.1) is 0 Å². The van der Waals surface area contributed by atoms with Crippen LogP contribution in [0.25, 0.3) is 0 Å². The van der Waals surface area contributed by atoms with Gasteiger partial charge in [0, 0.05) is 32.8 Å². The van der Waals surface area contributed by atoms with E-state index in [0.717, 1.165) is 25.3 Å². The van der Waals surface area contributed by atoms with Crippen molar-refractivity contribution in [2.45, 2.75) is 20.0 Å². The Bertz CT molecular complexity index is 241. The van der Waals surface area contributed by atoms with Crippen LogP contribution >= 0.6 is 0 Å². The molecule has 1 amide bonds. The normalized spacial score (nSPS) is 20.9. The van der Waals surface area contributed by atoms with Gasteiger partial charge in [-0.25, -0.2) is 0 Å². The summed E-state index contributed by atoms with van der Waals surface area (Å²) in [5.41, 5.74) is 1.02. The molecule has 1 saturated heterocycles. The number of nitrogens with one attached hydrogen (secondary N) is 1. The molecule has 1 atom stereocenters. The van der Waals surface area contributed by atoms with Gasteiger partial charge in [-0.2, -0.15) is 0 Å². The summed E-state index contributed by atoms with van der Waals surface area (Å²) in [6, 6.07) is 0. The molecule has 0 aromatic rings. The Labute approximate surface area is 91.3 Å². The third-order valence-corrected chi connectivity index (χ3v) is 2.27. The maximum absolute atomic E-state index is 11.6. The van der Waals surface area contributed by atoms with Crippen molar-refractivity contribution < 1.29 is 9.53 Å². The first-order valence-corrected chi connectivity index (χ1v) is 5.32. The van der Waals surface area contributed by atoms with Crippen LogP contribution in [0.4, 0.5) is 0 Å². The number of morpholine rings is 1. The van der Waals surface area contributed by atoms with Gasteiger partial charge in [0.25, 0.3) is 0 Å². The molecule has 0 radical (unpaired) electrons. The predicted octanol–water partition coefficient (Wildman–Crippen LogP) is 0.399. The summed E-state index contributed by atoms with van der Waals surface area (Å²) in [6.45, 7) is 6.95. The Morgan fingerprint density at radius 2 is 2.33 bits per heavy atom. The second-order valence-corrected chi connectivity index (χ2v) is 4.14. The fourth-order valence-electron chi connectivity index (χ4n) is 1.49. The molecule has 0 aromatic carbocycles. The van der Waals surface area contributed by atoms with Gasteiger partial charge in [0.15, 0.2) is 0 Å². The maximum atomic E-state index is 11.6. The van der Waals surface area contributed by atoms with Gasteiger partial charge in [-0.3, -0.25) is 4.79 Å². The number of allylic oxidation sites excluding steroid dienone is 1. The average Bonchev–Trinajstić information content (AvgIpc) is 2.18. The number of amides is 1. The molecule has 0 aromatic heterocycles. The highest BCUT2D eigenvalue weighted by Crippen LogP contribution is 2.00. The zero-order chi connectivity index (χ0) is 11.3. The second kappa shape index (κ2) is 5.88. The molecule has 1 rings (SSSR count). The van der Waals surface area contributed by atoms with Crippen LogP contribution in [-0.4, -0.2) is 50.2 Å². The van der Waals surface area contributed by atoms with Gasteiger partial charge in [-0.05, 0) is 13.8 Å². The van der Waals surface area contributed by atoms with Crippen LogP contribution in [0.1, 0.15) is 13.8 Å². The Morgan fingerprint density at radius 1 is 1.60 bits per heavy atom. The summed E-state index contributed by atoms with van der Waals surface area (Å²) in [5, 5.41) is 3.24. The second-order valence-electron chi connectivity index (χ2n) is 4.14. The van der Waals surface area contributed by atoms with Crippen molar-refractivity contribution in [1.82, 2.24) is 10.2 Å². The van der Waals surface area contributed by atoms with Crippen LogP contribution in [0, 0.1) is 0 Å². The minimum atomic E-state index is 0.0455. The van der Waals surface area contributed by atoms with E-state index in [1.54, 1.807) is 18.0 Å². The molecule has 0 bridgehead atoms. The molecule has 1 aliphatic heterocycles. The van der Waals surface area contributed by atoms with E-state index in [1.807, 2.05) is 13.8 Å². The third-order valence-electron chi connectivity index (χ3n) is 2.27. The zero-order valence-electron chi connectivity index (χ0n) is 9.75. The molecular weight excluding hydrogens is 192 g/mol. The Hall–Kier alpha value is -0.870. The quantitative estimate of drug-likeness (QED) is 0.688. The number of hydrogen-bond acceptors (Lipinski definition) is 3. The van der Waals surface area contributed by atoms with Crippen molar-refractivity contribution in [3.05, 3.63) is 11.6 Å². The molecule has 1 N–H and O–H groups in total. The smallest absolute Gasteiger partial charge is 0.246 e. The molecule has 1 heterocycles.